The molecule has 158 valence electrons. The average Bonchev–Trinajstić information content (AvgIpc) is 3.03. The standard InChI is InChI=1S/C17H12BrFN2O8S/c18-11-5-15-13(6-12(11)19)20-14(7-27-15)16(29-17(20)22)8-28-30(25,26)10-3-1-2-9(4-10)21(23)24/h1-6,14,16H,7-8H2/t14-,16-/m0/s1. The van der Waals surface area contributed by atoms with E-state index in [1.807, 2.05) is 0 Å². The molecule has 0 N–H and O–H groups in total. The van der Waals surface area contributed by atoms with Crippen LogP contribution in [0.25, 0.3) is 0 Å². The molecule has 2 atom stereocenters. The lowest BCUT2D eigenvalue weighted by molar-refractivity contribution is -0.385. The quantitative estimate of drug-likeness (QED) is 0.347. The van der Waals surface area contributed by atoms with E-state index in [1.54, 1.807) is 0 Å². The molecule has 1 saturated heterocycles. The minimum Gasteiger partial charge on any atom is -0.489 e. The van der Waals surface area contributed by atoms with Gasteiger partial charge in [0.25, 0.3) is 15.8 Å². The van der Waals surface area contributed by atoms with Crippen LogP contribution >= 0.6 is 15.9 Å². The fourth-order valence-corrected chi connectivity index (χ4v) is 4.43. The predicted molar refractivity (Wildman–Crippen MR) is 102 cm³/mol. The van der Waals surface area contributed by atoms with E-state index in [-0.39, 0.29) is 22.5 Å². The van der Waals surface area contributed by atoms with Crippen LogP contribution in [-0.2, 0) is 19.0 Å². The number of halogens is 2. The Morgan fingerprint density at radius 1 is 1.33 bits per heavy atom. The molecule has 0 unspecified atom stereocenters. The van der Waals surface area contributed by atoms with Crippen LogP contribution in [0, 0.1) is 15.9 Å². The Morgan fingerprint density at radius 2 is 2.10 bits per heavy atom. The second-order valence-corrected chi connectivity index (χ2v) is 8.87. The van der Waals surface area contributed by atoms with Crippen LogP contribution in [0.3, 0.4) is 0 Å². The van der Waals surface area contributed by atoms with Gasteiger partial charge in [-0.2, -0.15) is 8.42 Å². The number of non-ortho nitro benzene ring substituents is 1. The molecule has 0 aliphatic carbocycles. The van der Waals surface area contributed by atoms with E-state index in [4.69, 9.17) is 13.7 Å². The monoisotopic (exact) mass is 502 g/mol. The van der Waals surface area contributed by atoms with Crippen molar-refractivity contribution in [3.05, 3.63) is 56.8 Å². The van der Waals surface area contributed by atoms with Crippen LogP contribution in [-0.4, -0.2) is 44.8 Å². The van der Waals surface area contributed by atoms with Crippen molar-refractivity contribution in [1.29, 1.82) is 0 Å². The van der Waals surface area contributed by atoms with Crippen LogP contribution in [0.15, 0.2) is 45.8 Å². The van der Waals surface area contributed by atoms with Gasteiger partial charge in [-0.1, -0.05) is 6.07 Å². The summed E-state index contributed by atoms with van der Waals surface area (Å²) in [5, 5.41) is 10.8. The Balaban J connectivity index is 1.53. The van der Waals surface area contributed by atoms with Gasteiger partial charge in [0.05, 0.1) is 15.1 Å². The fraction of sp³-hybridized carbons (Fsp3) is 0.235. The van der Waals surface area contributed by atoms with Crippen molar-refractivity contribution in [2.75, 3.05) is 18.1 Å². The molecule has 0 aromatic heterocycles. The lowest BCUT2D eigenvalue weighted by atomic mass is 10.1. The van der Waals surface area contributed by atoms with Gasteiger partial charge in [0.2, 0.25) is 0 Å². The molecule has 2 aliphatic heterocycles. The molecule has 0 bridgehead atoms. The number of ether oxygens (including phenoxy) is 2. The number of anilines is 1. The number of rotatable bonds is 5. The molecular weight excluding hydrogens is 491 g/mol. The van der Waals surface area contributed by atoms with Gasteiger partial charge >= 0.3 is 6.09 Å². The van der Waals surface area contributed by atoms with Gasteiger partial charge < -0.3 is 9.47 Å². The molecule has 10 nitrogen and oxygen atoms in total. The summed E-state index contributed by atoms with van der Waals surface area (Å²) >= 11 is 3.04. The van der Waals surface area contributed by atoms with E-state index in [0.717, 1.165) is 24.3 Å². The first-order valence-electron chi connectivity index (χ1n) is 8.43. The van der Waals surface area contributed by atoms with Crippen LogP contribution in [0.2, 0.25) is 0 Å². The number of nitro groups is 1. The number of hydrogen-bond acceptors (Lipinski definition) is 8. The number of carbonyl (C=O) groups excluding carboxylic acids is 1. The number of cyclic esters (lactones) is 1. The summed E-state index contributed by atoms with van der Waals surface area (Å²) in [4.78, 5) is 23.2. The van der Waals surface area contributed by atoms with Crippen LogP contribution < -0.4 is 9.64 Å². The second-order valence-electron chi connectivity index (χ2n) is 6.40. The Labute approximate surface area is 177 Å². The van der Waals surface area contributed by atoms with Gasteiger partial charge in [0.1, 0.15) is 35.7 Å². The molecule has 0 spiro atoms. The zero-order valence-corrected chi connectivity index (χ0v) is 17.3. The van der Waals surface area contributed by atoms with Gasteiger partial charge in [-0.25, -0.2) is 9.18 Å². The summed E-state index contributed by atoms with van der Waals surface area (Å²) < 4.78 is 54.6. The van der Waals surface area contributed by atoms with Crippen LogP contribution in [0.5, 0.6) is 5.75 Å². The maximum atomic E-state index is 13.9. The minimum absolute atomic E-state index is 0.0261. The van der Waals surface area contributed by atoms with Crippen molar-refractivity contribution >= 4 is 43.5 Å². The first kappa shape index (κ1) is 20.5. The highest BCUT2D eigenvalue weighted by Gasteiger charge is 2.47. The van der Waals surface area contributed by atoms with Gasteiger partial charge in [-0.05, 0) is 28.1 Å². The number of nitrogens with zero attached hydrogens (tertiary/aromatic N) is 2. The summed E-state index contributed by atoms with van der Waals surface area (Å²) in [6.07, 6.45) is -1.82. The number of carbonyl (C=O) groups is 1. The summed E-state index contributed by atoms with van der Waals surface area (Å²) in [5.41, 5.74) is -0.260. The van der Waals surface area contributed by atoms with Crippen LogP contribution in [0.4, 0.5) is 20.6 Å². The topological polar surface area (TPSA) is 125 Å². The minimum atomic E-state index is -4.35. The molecule has 1 fully saturated rings. The van der Waals surface area contributed by atoms with Crippen molar-refractivity contribution in [1.82, 2.24) is 0 Å². The normalized spacial score (nSPS) is 20.2. The summed E-state index contributed by atoms with van der Waals surface area (Å²) in [5.74, 6) is -0.346. The summed E-state index contributed by atoms with van der Waals surface area (Å²) in [7, 11) is -4.35. The van der Waals surface area contributed by atoms with Gasteiger partial charge in [0.15, 0.2) is 6.10 Å². The number of amides is 1. The second kappa shape index (κ2) is 7.49. The lowest BCUT2D eigenvalue weighted by Gasteiger charge is -2.31. The number of nitro benzene ring substituents is 1. The molecule has 0 radical (unpaired) electrons. The Bertz CT molecular complexity index is 1160. The van der Waals surface area contributed by atoms with E-state index < -0.39 is 56.3 Å². The molecule has 4 rings (SSSR count). The molecule has 2 heterocycles. The molecule has 13 heteroatoms. The third-order valence-electron chi connectivity index (χ3n) is 4.59. The number of fused-ring (bicyclic) bond motifs is 3. The Kier molecular flexibility index (Phi) is 5.11. The number of hydrogen-bond donors (Lipinski definition) is 0. The SMILES string of the molecule is O=C1O[C@@H](COS(=O)(=O)c2cccc([N+](=O)[O-])c2)[C@@H]2COc3cc(Br)c(F)cc3N12. The van der Waals surface area contributed by atoms with Crippen molar-refractivity contribution in [3.63, 3.8) is 0 Å². The largest absolute Gasteiger partial charge is 0.489 e. The Hall–Kier alpha value is -2.77. The van der Waals surface area contributed by atoms with E-state index in [1.165, 1.54) is 17.0 Å². The molecule has 2 aliphatic rings. The highest BCUT2D eigenvalue weighted by molar-refractivity contribution is 9.10. The summed E-state index contributed by atoms with van der Waals surface area (Å²) in [6.45, 7) is -0.572. The average molecular weight is 503 g/mol. The molecule has 0 saturated carbocycles. The van der Waals surface area contributed by atoms with Crippen molar-refractivity contribution in [2.24, 2.45) is 0 Å². The third-order valence-corrected chi connectivity index (χ3v) is 6.47. The van der Waals surface area contributed by atoms with Gasteiger partial charge in [0, 0.05) is 18.2 Å². The molecule has 2 aromatic carbocycles. The Morgan fingerprint density at radius 3 is 2.83 bits per heavy atom. The van der Waals surface area contributed by atoms with Gasteiger partial charge in [-0.3, -0.25) is 19.2 Å². The van der Waals surface area contributed by atoms with E-state index >= 15 is 0 Å². The maximum absolute atomic E-state index is 13.9. The number of benzene rings is 2. The smallest absolute Gasteiger partial charge is 0.415 e. The zero-order valence-electron chi connectivity index (χ0n) is 14.9. The van der Waals surface area contributed by atoms with E-state index in [0.29, 0.717) is 0 Å². The zero-order chi connectivity index (χ0) is 21.6. The maximum Gasteiger partial charge on any atom is 0.415 e. The molecule has 2 aromatic rings. The highest BCUT2D eigenvalue weighted by Crippen LogP contribution is 2.41. The molecular formula is C17H12BrFN2O8S. The third kappa shape index (κ3) is 3.59. The first-order chi connectivity index (χ1) is 14.2. The fourth-order valence-electron chi connectivity index (χ4n) is 3.14. The molecule has 30 heavy (non-hydrogen) atoms. The van der Waals surface area contributed by atoms with Crippen molar-refractivity contribution in [2.45, 2.75) is 17.0 Å². The first-order valence-corrected chi connectivity index (χ1v) is 10.6. The lowest BCUT2D eigenvalue weighted by Crippen LogP contribution is -2.46. The predicted octanol–water partition coefficient (Wildman–Crippen LogP) is 2.99. The van der Waals surface area contributed by atoms with Crippen LogP contribution in [0.1, 0.15) is 0 Å². The van der Waals surface area contributed by atoms with Crippen molar-refractivity contribution < 1.29 is 36.2 Å². The molecule has 1 amide bonds. The van der Waals surface area contributed by atoms with E-state index in [9.17, 15) is 27.7 Å². The van der Waals surface area contributed by atoms with Gasteiger partial charge in [-0.15, -0.1) is 0 Å². The van der Waals surface area contributed by atoms with E-state index in [2.05, 4.69) is 15.9 Å². The van der Waals surface area contributed by atoms with Crippen molar-refractivity contribution in [3.8, 4) is 5.75 Å². The summed E-state index contributed by atoms with van der Waals surface area (Å²) in [6, 6.07) is 6.11. The highest BCUT2D eigenvalue weighted by atomic mass is 79.9.